The topological polar surface area (TPSA) is 29.5 Å². The Balaban J connectivity index is 3.23. The summed E-state index contributed by atoms with van der Waals surface area (Å²) in [4.78, 5) is 0. The highest BCUT2D eigenvalue weighted by Gasteiger charge is 2.06. The van der Waals surface area contributed by atoms with Crippen LogP contribution in [-0.2, 0) is 4.74 Å². The molecule has 0 aliphatic carbocycles. The number of ether oxygens (including phenoxy) is 1. The van der Waals surface area contributed by atoms with Crippen molar-refractivity contribution in [1.82, 2.24) is 0 Å². The molecule has 21 heavy (non-hydrogen) atoms. The Morgan fingerprint density at radius 1 is 0.667 bits per heavy atom. The zero-order valence-electron chi connectivity index (χ0n) is 14.7. The fraction of sp³-hybridized carbons (Fsp3) is 1.00. The van der Waals surface area contributed by atoms with Crippen LogP contribution < -0.4 is 0 Å². The minimum absolute atomic E-state index is 0.360. The van der Waals surface area contributed by atoms with Gasteiger partial charge >= 0.3 is 0 Å². The summed E-state index contributed by atoms with van der Waals surface area (Å²) in [5.74, 6) is 0. The lowest BCUT2D eigenvalue weighted by atomic mass is 10.0. The predicted octanol–water partition coefficient (Wildman–Crippen LogP) is 5.87. The standard InChI is InChI=1S/C19H40O2/c1-3-4-5-13-16-19(21-2)17-14-11-9-7-6-8-10-12-15-18-20/h19-20H,3-18H2,1-2H3. The molecule has 0 fully saturated rings. The summed E-state index contributed by atoms with van der Waals surface area (Å²) in [5, 5.41) is 8.70. The van der Waals surface area contributed by atoms with Gasteiger partial charge in [-0.2, -0.15) is 0 Å². The van der Waals surface area contributed by atoms with E-state index in [9.17, 15) is 0 Å². The Kier molecular flexibility index (Phi) is 17.9. The summed E-state index contributed by atoms with van der Waals surface area (Å²) < 4.78 is 5.59. The second kappa shape index (κ2) is 18.0. The molecule has 0 aromatic rings. The van der Waals surface area contributed by atoms with Crippen molar-refractivity contribution >= 4 is 0 Å². The molecule has 1 N–H and O–H groups in total. The van der Waals surface area contributed by atoms with Gasteiger partial charge in [0.05, 0.1) is 6.10 Å². The van der Waals surface area contributed by atoms with E-state index in [0.29, 0.717) is 12.7 Å². The molecule has 0 spiro atoms. The van der Waals surface area contributed by atoms with Gasteiger partial charge in [0.15, 0.2) is 0 Å². The van der Waals surface area contributed by atoms with Crippen LogP contribution in [0.1, 0.15) is 103 Å². The lowest BCUT2D eigenvalue weighted by molar-refractivity contribution is 0.0832. The van der Waals surface area contributed by atoms with Crippen LogP contribution in [0, 0.1) is 0 Å². The average molecular weight is 301 g/mol. The quantitative estimate of drug-likeness (QED) is 0.341. The average Bonchev–Trinajstić information content (AvgIpc) is 2.51. The van der Waals surface area contributed by atoms with Crippen molar-refractivity contribution in [3.05, 3.63) is 0 Å². The zero-order chi connectivity index (χ0) is 15.6. The van der Waals surface area contributed by atoms with Crippen LogP contribution in [0.4, 0.5) is 0 Å². The fourth-order valence-corrected chi connectivity index (χ4v) is 2.90. The number of methoxy groups -OCH3 is 1. The second-order valence-corrected chi connectivity index (χ2v) is 6.40. The van der Waals surface area contributed by atoms with Crippen molar-refractivity contribution in [2.24, 2.45) is 0 Å². The van der Waals surface area contributed by atoms with Gasteiger partial charge in [-0.15, -0.1) is 0 Å². The van der Waals surface area contributed by atoms with E-state index in [1.807, 2.05) is 7.11 Å². The highest BCUT2D eigenvalue weighted by molar-refractivity contribution is 4.59. The van der Waals surface area contributed by atoms with E-state index in [-0.39, 0.29) is 0 Å². The first kappa shape index (κ1) is 20.9. The van der Waals surface area contributed by atoms with Crippen molar-refractivity contribution in [3.8, 4) is 0 Å². The molecule has 0 saturated heterocycles. The van der Waals surface area contributed by atoms with E-state index < -0.39 is 0 Å². The van der Waals surface area contributed by atoms with Gasteiger partial charge in [-0.1, -0.05) is 84.0 Å². The monoisotopic (exact) mass is 300 g/mol. The molecule has 0 amide bonds. The molecule has 0 heterocycles. The molecule has 128 valence electrons. The zero-order valence-corrected chi connectivity index (χ0v) is 14.7. The lowest BCUT2D eigenvalue weighted by Gasteiger charge is -2.15. The van der Waals surface area contributed by atoms with Crippen LogP contribution in [0.3, 0.4) is 0 Å². The normalized spacial score (nSPS) is 12.7. The Labute approximate surface area is 133 Å². The number of unbranched alkanes of at least 4 members (excludes halogenated alkanes) is 11. The van der Waals surface area contributed by atoms with Gasteiger partial charge in [0, 0.05) is 13.7 Å². The maximum Gasteiger partial charge on any atom is 0.0571 e. The van der Waals surface area contributed by atoms with E-state index in [0.717, 1.165) is 6.42 Å². The van der Waals surface area contributed by atoms with Crippen molar-refractivity contribution < 1.29 is 9.84 Å². The maximum atomic E-state index is 8.70. The molecule has 2 nitrogen and oxygen atoms in total. The molecule has 1 atom stereocenters. The molecule has 0 saturated carbocycles. The summed E-state index contributed by atoms with van der Waals surface area (Å²) >= 11 is 0. The van der Waals surface area contributed by atoms with Crippen molar-refractivity contribution in [1.29, 1.82) is 0 Å². The first-order valence-electron chi connectivity index (χ1n) is 9.48. The summed E-state index contributed by atoms with van der Waals surface area (Å²) in [6, 6.07) is 0. The fourth-order valence-electron chi connectivity index (χ4n) is 2.90. The van der Waals surface area contributed by atoms with Gasteiger partial charge in [0.1, 0.15) is 0 Å². The first-order chi connectivity index (χ1) is 10.3. The van der Waals surface area contributed by atoms with E-state index in [1.54, 1.807) is 0 Å². The number of aliphatic hydroxyl groups excluding tert-OH is 1. The largest absolute Gasteiger partial charge is 0.396 e. The number of hydrogen-bond donors (Lipinski definition) is 1. The highest BCUT2D eigenvalue weighted by Crippen LogP contribution is 2.16. The minimum atomic E-state index is 0.360. The van der Waals surface area contributed by atoms with E-state index in [2.05, 4.69) is 6.92 Å². The molecule has 0 aliphatic heterocycles. The van der Waals surface area contributed by atoms with Crippen LogP contribution in [-0.4, -0.2) is 24.9 Å². The number of aliphatic hydroxyl groups is 1. The van der Waals surface area contributed by atoms with Gasteiger partial charge in [0.25, 0.3) is 0 Å². The predicted molar refractivity (Wildman–Crippen MR) is 92.8 cm³/mol. The summed E-state index contributed by atoms with van der Waals surface area (Å²) in [6.07, 6.45) is 20.0. The summed E-state index contributed by atoms with van der Waals surface area (Å²) in [5.41, 5.74) is 0. The third kappa shape index (κ3) is 16.1. The van der Waals surface area contributed by atoms with Crippen LogP contribution in [0.25, 0.3) is 0 Å². The van der Waals surface area contributed by atoms with Crippen LogP contribution in [0.2, 0.25) is 0 Å². The van der Waals surface area contributed by atoms with Crippen molar-refractivity contribution in [2.75, 3.05) is 13.7 Å². The molecular weight excluding hydrogens is 260 g/mol. The Bertz CT molecular complexity index is 182. The van der Waals surface area contributed by atoms with Crippen LogP contribution in [0.15, 0.2) is 0 Å². The molecule has 0 rings (SSSR count). The third-order valence-electron chi connectivity index (χ3n) is 4.40. The molecule has 0 aromatic carbocycles. The van der Waals surface area contributed by atoms with Gasteiger partial charge in [0.2, 0.25) is 0 Å². The molecule has 0 aliphatic rings. The summed E-state index contributed by atoms with van der Waals surface area (Å²) in [7, 11) is 1.87. The third-order valence-corrected chi connectivity index (χ3v) is 4.40. The maximum absolute atomic E-state index is 8.70. The molecular formula is C19H40O2. The Morgan fingerprint density at radius 3 is 1.52 bits per heavy atom. The van der Waals surface area contributed by atoms with Gasteiger partial charge in [-0.3, -0.25) is 0 Å². The smallest absolute Gasteiger partial charge is 0.0571 e. The Hall–Kier alpha value is -0.0800. The van der Waals surface area contributed by atoms with Gasteiger partial charge in [-0.25, -0.2) is 0 Å². The van der Waals surface area contributed by atoms with Gasteiger partial charge in [-0.05, 0) is 19.3 Å². The van der Waals surface area contributed by atoms with E-state index >= 15 is 0 Å². The van der Waals surface area contributed by atoms with Crippen LogP contribution in [0.5, 0.6) is 0 Å². The molecule has 1 unspecified atom stereocenters. The van der Waals surface area contributed by atoms with Gasteiger partial charge < -0.3 is 9.84 Å². The Morgan fingerprint density at radius 2 is 1.10 bits per heavy atom. The second-order valence-electron chi connectivity index (χ2n) is 6.40. The lowest BCUT2D eigenvalue weighted by Crippen LogP contribution is -2.10. The highest BCUT2D eigenvalue weighted by atomic mass is 16.5. The molecule has 0 aromatic heterocycles. The molecule has 0 radical (unpaired) electrons. The number of rotatable bonds is 17. The van der Waals surface area contributed by atoms with Crippen LogP contribution >= 0.6 is 0 Å². The number of hydrogen-bond acceptors (Lipinski definition) is 2. The first-order valence-corrected chi connectivity index (χ1v) is 9.48. The summed E-state index contributed by atoms with van der Waals surface area (Å²) in [6.45, 7) is 2.62. The minimum Gasteiger partial charge on any atom is -0.396 e. The SMILES string of the molecule is CCCCCCC(CCCCCCCCCCCO)OC. The van der Waals surface area contributed by atoms with Crippen molar-refractivity contribution in [2.45, 2.75) is 109 Å². The molecule has 0 bridgehead atoms. The van der Waals surface area contributed by atoms with E-state index in [4.69, 9.17) is 9.84 Å². The molecule has 2 heteroatoms. The van der Waals surface area contributed by atoms with E-state index in [1.165, 1.54) is 89.9 Å². The van der Waals surface area contributed by atoms with Crippen molar-refractivity contribution in [3.63, 3.8) is 0 Å².